The number of nitrogen functional groups attached to an aromatic ring is 1. The first-order chi connectivity index (χ1) is 9.52. The molecule has 0 atom stereocenters. The van der Waals surface area contributed by atoms with Gasteiger partial charge in [0.15, 0.2) is 11.6 Å². The van der Waals surface area contributed by atoms with Gasteiger partial charge >= 0.3 is 5.97 Å². The quantitative estimate of drug-likeness (QED) is 0.695. The number of hydrogen-bond donors (Lipinski definition) is 1. The molecule has 20 heavy (non-hydrogen) atoms. The van der Waals surface area contributed by atoms with E-state index in [1.165, 1.54) is 13.2 Å². The molecule has 2 rings (SSSR count). The van der Waals surface area contributed by atoms with E-state index < -0.39 is 17.6 Å². The van der Waals surface area contributed by atoms with E-state index in [4.69, 9.17) is 5.73 Å². The molecule has 2 N–H and O–H groups in total. The summed E-state index contributed by atoms with van der Waals surface area (Å²) in [5.74, 6) is -2.42. The van der Waals surface area contributed by atoms with Crippen LogP contribution in [0.15, 0.2) is 46.2 Å². The highest BCUT2D eigenvalue weighted by molar-refractivity contribution is 7.99. The van der Waals surface area contributed by atoms with Crippen molar-refractivity contribution in [3.63, 3.8) is 0 Å². The maximum absolute atomic E-state index is 13.2. The number of carbonyl (C=O) groups excluding carboxylic acids is 1. The Hall–Kier alpha value is -2.08. The van der Waals surface area contributed by atoms with Gasteiger partial charge in [-0.05, 0) is 30.3 Å². The molecular weight excluding hydrogens is 284 g/mol. The van der Waals surface area contributed by atoms with Crippen molar-refractivity contribution < 1.29 is 18.3 Å². The van der Waals surface area contributed by atoms with Crippen LogP contribution in [-0.2, 0) is 4.74 Å². The average molecular weight is 295 g/mol. The number of anilines is 1. The molecule has 0 saturated heterocycles. The monoisotopic (exact) mass is 295 g/mol. The number of halogens is 2. The third kappa shape index (κ3) is 2.91. The Bertz CT molecular complexity index is 662. The Balaban J connectivity index is 2.42. The molecule has 0 saturated carbocycles. The molecule has 0 bridgehead atoms. The van der Waals surface area contributed by atoms with Gasteiger partial charge in [0, 0.05) is 15.5 Å². The van der Waals surface area contributed by atoms with Crippen LogP contribution in [0.3, 0.4) is 0 Å². The molecule has 3 nitrogen and oxygen atoms in total. The summed E-state index contributed by atoms with van der Waals surface area (Å²) in [5.41, 5.74) is 6.48. The van der Waals surface area contributed by atoms with E-state index in [0.717, 1.165) is 23.9 Å². The Morgan fingerprint density at radius 2 is 1.95 bits per heavy atom. The van der Waals surface area contributed by atoms with E-state index >= 15 is 0 Å². The molecular formula is C14H11F2NO2S. The Kier molecular flexibility index (Phi) is 4.24. The van der Waals surface area contributed by atoms with Crippen LogP contribution >= 0.6 is 11.8 Å². The maximum atomic E-state index is 13.2. The number of nitrogens with two attached hydrogens (primary N) is 1. The molecule has 0 aliphatic rings. The minimum absolute atomic E-state index is 0.280. The van der Waals surface area contributed by atoms with Crippen molar-refractivity contribution in [3.05, 3.63) is 53.6 Å². The van der Waals surface area contributed by atoms with E-state index in [1.807, 2.05) is 0 Å². The van der Waals surface area contributed by atoms with E-state index in [0.29, 0.717) is 15.5 Å². The van der Waals surface area contributed by atoms with Gasteiger partial charge in [0.05, 0.1) is 12.7 Å². The lowest BCUT2D eigenvalue weighted by Gasteiger charge is -2.10. The van der Waals surface area contributed by atoms with E-state index in [1.54, 1.807) is 18.2 Å². The van der Waals surface area contributed by atoms with Crippen molar-refractivity contribution >= 4 is 23.4 Å². The van der Waals surface area contributed by atoms with Crippen LogP contribution in [-0.4, -0.2) is 13.1 Å². The smallest absolute Gasteiger partial charge is 0.339 e. The first kappa shape index (κ1) is 14.3. The zero-order chi connectivity index (χ0) is 14.7. The van der Waals surface area contributed by atoms with Crippen molar-refractivity contribution in [1.82, 2.24) is 0 Å². The van der Waals surface area contributed by atoms with Crippen molar-refractivity contribution in [2.24, 2.45) is 0 Å². The number of methoxy groups -OCH3 is 1. The second-order valence-corrected chi connectivity index (χ2v) is 4.98. The van der Waals surface area contributed by atoms with E-state index in [9.17, 15) is 13.6 Å². The molecule has 0 spiro atoms. The largest absolute Gasteiger partial charge is 0.465 e. The molecule has 2 aromatic rings. The predicted octanol–water partition coefficient (Wildman–Crippen LogP) is 3.48. The molecule has 0 fully saturated rings. The van der Waals surface area contributed by atoms with Gasteiger partial charge < -0.3 is 10.5 Å². The molecule has 0 aliphatic carbocycles. The van der Waals surface area contributed by atoms with E-state index in [-0.39, 0.29) is 5.56 Å². The zero-order valence-corrected chi connectivity index (χ0v) is 11.3. The van der Waals surface area contributed by atoms with Crippen molar-refractivity contribution in [1.29, 1.82) is 0 Å². The molecule has 2 aromatic carbocycles. The number of carbonyl (C=O) groups is 1. The molecule has 0 heterocycles. The third-order valence-corrected chi connectivity index (χ3v) is 3.71. The Morgan fingerprint density at radius 3 is 2.60 bits per heavy atom. The summed E-state index contributed by atoms with van der Waals surface area (Å²) in [6, 6.07) is 8.29. The fraction of sp³-hybridized carbons (Fsp3) is 0.0714. The van der Waals surface area contributed by atoms with Crippen molar-refractivity contribution in [2.45, 2.75) is 9.79 Å². The number of rotatable bonds is 3. The first-order valence-corrected chi connectivity index (χ1v) is 6.44. The lowest BCUT2D eigenvalue weighted by molar-refractivity contribution is 0.0597. The van der Waals surface area contributed by atoms with Crippen LogP contribution in [0.4, 0.5) is 14.5 Å². The van der Waals surface area contributed by atoms with Crippen LogP contribution in [0.1, 0.15) is 10.4 Å². The van der Waals surface area contributed by atoms with Crippen LogP contribution < -0.4 is 5.73 Å². The van der Waals surface area contributed by atoms with Gasteiger partial charge in [0.2, 0.25) is 0 Å². The number of ether oxygens (including phenoxy) is 1. The van der Waals surface area contributed by atoms with Crippen molar-refractivity contribution in [2.75, 3.05) is 12.8 Å². The number of esters is 1. The topological polar surface area (TPSA) is 52.3 Å². The van der Waals surface area contributed by atoms with Crippen LogP contribution in [0.5, 0.6) is 0 Å². The molecule has 0 amide bonds. The summed E-state index contributed by atoms with van der Waals surface area (Å²) in [5, 5.41) is 0. The fourth-order valence-corrected chi connectivity index (χ4v) is 2.58. The summed E-state index contributed by atoms with van der Waals surface area (Å²) >= 11 is 1.07. The fourth-order valence-electron chi connectivity index (χ4n) is 1.60. The number of benzene rings is 2. The summed E-state index contributed by atoms with van der Waals surface area (Å²) in [7, 11) is 1.26. The highest BCUT2D eigenvalue weighted by Crippen LogP contribution is 2.35. The van der Waals surface area contributed by atoms with Gasteiger partial charge in [-0.2, -0.15) is 0 Å². The second-order valence-electron chi connectivity index (χ2n) is 3.89. The summed E-state index contributed by atoms with van der Waals surface area (Å²) < 4.78 is 30.8. The van der Waals surface area contributed by atoms with Crippen LogP contribution in [0.25, 0.3) is 0 Å². The Labute approximate surface area is 118 Å². The minimum Gasteiger partial charge on any atom is -0.465 e. The standard InChI is InChI=1S/C14H11F2NO2S/c1-19-14(18)9-3-2-4-12(17)13(9)20-8-5-6-10(15)11(16)7-8/h2-7H,17H2,1H3. The zero-order valence-electron chi connectivity index (χ0n) is 10.5. The third-order valence-electron chi connectivity index (χ3n) is 2.56. The molecule has 0 aromatic heterocycles. The highest BCUT2D eigenvalue weighted by atomic mass is 32.2. The molecule has 104 valence electrons. The van der Waals surface area contributed by atoms with Crippen LogP contribution in [0, 0.1) is 11.6 Å². The van der Waals surface area contributed by atoms with Gasteiger partial charge in [0.1, 0.15) is 0 Å². The summed E-state index contributed by atoms with van der Waals surface area (Å²) in [6.45, 7) is 0. The molecule has 0 unspecified atom stereocenters. The molecule has 0 radical (unpaired) electrons. The predicted molar refractivity (Wildman–Crippen MR) is 72.7 cm³/mol. The highest BCUT2D eigenvalue weighted by Gasteiger charge is 2.16. The lowest BCUT2D eigenvalue weighted by Crippen LogP contribution is -2.05. The lowest BCUT2D eigenvalue weighted by atomic mass is 10.2. The first-order valence-electron chi connectivity index (χ1n) is 5.62. The average Bonchev–Trinajstić information content (AvgIpc) is 2.44. The maximum Gasteiger partial charge on any atom is 0.339 e. The van der Waals surface area contributed by atoms with E-state index in [2.05, 4.69) is 4.74 Å². The van der Waals surface area contributed by atoms with Gasteiger partial charge in [-0.25, -0.2) is 13.6 Å². The molecule has 6 heteroatoms. The summed E-state index contributed by atoms with van der Waals surface area (Å²) in [6.07, 6.45) is 0. The Morgan fingerprint density at radius 1 is 1.20 bits per heavy atom. The SMILES string of the molecule is COC(=O)c1cccc(N)c1Sc1ccc(F)c(F)c1. The number of hydrogen-bond acceptors (Lipinski definition) is 4. The normalized spacial score (nSPS) is 10.3. The van der Waals surface area contributed by atoms with Gasteiger partial charge in [-0.3, -0.25) is 0 Å². The second kappa shape index (κ2) is 5.92. The van der Waals surface area contributed by atoms with Gasteiger partial charge in [-0.1, -0.05) is 17.8 Å². The minimum atomic E-state index is -0.955. The van der Waals surface area contributed by atoms with Crippen molar-refractivity contribution in [3.8, 4) is 0 Å². The summed E-state index contributed by atoms with van der Waals surface area (Å²) in [4.78, 5) is 12.6. The van der Waals surface area contributed by atoms with Crippen LogP contribution in [0.2, 0.25) is 0 Å². The van der Waals surface area contributed by atoms with Gasteiger partial charge in [-0.15, -0.1) is 0 Å². The molecule has 0 aliphatic heterocycles. The van der Waals surface area contributed by atoms with Gasteiger partial charge in [0.25, 0.3) is 0 Å².